The molecule has 0 saturated heterocycles. The normalized spacial score (nSPS) is 11.0. The van der Waals surface area contributed by atoms with Crippen LogP contribution in [0.25, 0.3) is 0 Å². The Bertz CT molecular complexity index is 498. The van der Waals surface area contributed by atoms with Gasteiger partial charge in [-0.15, -0.1) is 0 Å². The molecule has 6 nitrogen and oxygen atoms in total. The van der Waals surface area contributed by atoms with E-state index in [-0.39, 0.29) is 18.2 Å². The summed E-state index contributed by atoms with van der Waals surface area (Å²) in [6.45, 7) is 3.46. The number of nitrogens with one attached hydrogen (secondary N) is 2. The highest BCUT2D eigenvalue weighted by molar-refractivity contribution is 5.94. The van der Waals surface area contributed by atoms with E-state index in [1.807, 2.05) is 0 Å². The van der Waals surface area contributed by atoms with E-state index in [0.29, 0.717) is 17.8 Å². The largest absolute Gasteiger partial charge is 0.353 e. The summed E-state index contributed by atoms with van der Waals surface area (Å²) in [4.78, 5) is 23.3. The zero-order chi connectivity index (χ0) is 15.9. The van der Waals surface area contributed by atoms with Crippen LogP contribution < -0.4 is 10.6 Å². The van der Waals surface area contributed by atoms with Crippen molar-refractivity contribution in [3.8, 4) is 0 Å². The standard InChI is InChI=1S/C15H22N2O4/c1-5-13(18)16-11-7-6-8-12(9-11)17-14(19)10-15(2,20-3)21-4/h6-9H,5,10H2,1-4H3,(H,16,18)(H,17,19). The van der Waals surface area contributed by atoms with Crippen molar-refractivity contribution >= 4 is 23.2 Å². The molecule has 21 heavy (non-hydrogen) atoms. The Morgan fingerprint density at radius 1 is 1.10 bits per heavy atom. The van der Waals surface area contributed by atoms with Crippen LogP contribution in [0.3, 0.4) is 0 Å². The van der Waals surface area contributed by atoms with Gasteiger partial charge in [0.15, 0.2) is 5.79 Å². The zero-order valence-corrected chi connectivity index (χ0v) is 12.9. The number of benzene rings is 1. The van der Waals surface area contributed by atoms with Crippen LogP contribution in [0.15, 0.2) is 24.3 Å². The molecule has 0 aliphatic carbocycles. The van der Waals surface area contributed by atoms with Gasteiger partial charge < -0.3 is 20.1 Å². The van der Waals surface area contributed by atoms with Crippen LogP contribution in [0.2, 0.25) is 0 Å². The quantitative estimate of drug-likeness (QED) is 0.757. The fourth-order valence-corrected chi connectivity index (χ4v) is 1.65. The predicted molar refractivity (Wildman–Crippen MR) is 81.0 cm³/mol. The molecule has 0 aliphatic rings. The molecule has 116 valence electrons. The van der Waals surface area contributed by atoms with Crippen LogP contribution in [0.1, 0.15) is 26.7 Å². The number of ether oxygens (including phenoxy) is 2. The highest BCUT2D eigenvalue weighted by Gasteiger charge is 2.26. The molecular formula is C15H22N2O4. The first-order valence-corrected chi connectivity index (χ1v) is 6.72. The maximum atomic E-state index is 12.0. The van der Waals surface area contributed by atoms with Crippen molar-refractivity contribution in [2.45, 2.75) is 32.5 Å². The molecule has 0 spiro atoms. The first-order chi connectivity index (χ1) is 9.92. The maximum absolute atomic E-state index is 12.0. The number of anilines is 2. The lowest BCUT2D eigenvalue weighted by Gasteiger charge is -2.25. The van der Waals surface area contributed by atoms with Gasteiger partial charge >= 0.3 is 0 Å². The molecule has 0 bridgehead atoms. The van der Waals surface area contributed by atoms with E-state index >= 15 is 0 Å². The van der Waals surface area contributed by atoms with Crippen LogP contribution in [-0.4, -0.2) is 31.8 Å². The number of carbonyl (C=O) groups excluding carboxylic acids is 2. The lowest BCUT2D eigenvalue weighted by Crippen LogP contribution is -2.34. The van der Waals surface area contributed by atoms with Crippen molar-refractivity contribution in [1.29, 1.82) is 0 Å². The third-order valence-electron chi connectivity index (χ3n) is 3.10. The van der Waals surface area contributed by atoms with Gasteiger partial charge in [0.2, 0.25) is 11.8 Å². The lowest BCUT2D eigenvalue weighted by atomic mass is 10.2. The van der Waals surface area contributed by atoms with Gasteiger partial charge in [-0.3, -0.25) is 9.59 Å². The van der Waals surface area contributed by atoms with Crippen molar-refractivity contribution in [3.63, 3.8) is 0 Å². The van der Waals surface area contributed by atoms with Crippen LogP contribution in [-0.2, 0) is 19.1 Å². The summed E-state index contributed by atoms with van der Waals surface area (Å²) in [7, 11) is 2.97. The first kappa shape index (κ1) is 17.1. The molecule has 1 aromatic rings. The Hall–Kier alpha value is -1.92. The summed E-state index contributed by atoms with van der Waals surface area (Å²) in [5, 5.41) is 5.48. The molecule has 2 N–H and O–H groups in total. The van der Waals surface area contributed by atoms with E-state index in [4.69, 9.17) is 9.47 Å². The van der Waals surface area contributed by atoms with Crippen LogP contribution in [0.4, 0.5) is 11.4 Å². The second kappa shape index (κ2) is 7.75. The number of rotatable bonds is 7. The number of hydrogen-bond donors (Lipinski definition) is 2. The van der Waals surface area contributed by atoms with Gasteiger partial charge in [0.1, 0.15) is 0 Å². The Morgan fingerprint density at radius 2 is 1.62 bits per heavy atom. The van der Waals surface area contributed by atoms with Crippen LogP contribution in [0.5, 0.6) is 0 Å². The number of carbonyl (C=O) groups is 2. The van der Waals surface area contributed by atoms with Gasteiger partial charge in [0.05, 0.1) is 6.42 Å². The van der Waals surface area contributed by atoms with Crippen molar-refractivity contribution in [2.24, 2.45) is 0 Å². The van der Waals surface area contributed by atoms with Gasteiger partial charge in [-0.25, -0.2) is 0 Å². The molecule has 0 fully saturated rings. The molecule has 0 heterocycles. The molecule has 0 atom stereocenters. The summed E-state index contributed by atoms with van der Waals surface area (Å²) >= 11 is 0. The SMILES string of the molecule is CCC(=O)Nc1cccc(NC(=O)CC(C)(OC)OC)c1. The van der Waals surface area contributed by atoms with E-state index in [1.165, 1.54) is 14.2 Å². The van der Waals surface area contributed by atoms with Crippen molar-refractivity contribution in [1.82, 2.24) is 0 Å². The molecular weight excluding hydrogens is 272 g/mol. The number of amides is 2. The lowest BCUT2D eigenvalue weighted by molar-refractivity contribution is -0.196. The third kappa shape index (κ3) is 5.53. The third-order valence-corrected chi connectivity index (χ3v) is 3.10. The summed E-state index contributed by atoms with van der Waals surface area (Å²) < 4.78 is 10.3. The van der Waals surface area contributed by atoms with E-state index in [1.54, 1.807) is 38.1 Å². The fourth-order valence-electron chi connectivity index (χ4n) is 1.65. The summed E-state index contributed by atoms with van der Waals surface area (Å²) in [6.07, 6.45) is 0.460. The minimum absolute atomic E-state index is 0.0611. The Morgan fingerprint density at radius 3 is 2.10 bits per heavy atom. The van der Waals surface area contributed by atoms with Gasteiger partial charge in [-0.05, 0) is 25.1 Å². The van der Waals surface area contributed by atoms with Gasteiger partial charge in [0.25, 0.3) is 0 Å². The average molecular weight is 294 g/mol. The zero-order valence-electron chi connectivity index (χ0n) is 12.9. The molecule has 0 aliphatic heterocycles. The van der Waals surface area contributed by atoms with Gasteiger partial charge in [0, 0.05) is 32.0 Å². The van der Waals surface area contributed by atoms with E-state index in [0.717, 1.165) is 0 Å². The van der Waals surface area contributed by atoms with E-state index < -0.39 is 5.79 Å². The minimum atomic E-state index is -0.960. The van der Waals surface area contributed by atoms with Crippen molar-refractivity contribution < 1.29 is 19.1 Å². The predicted octanol–water partition coefficient (Wildman–Crippen LogP) is 2.37. The number of hydrogen-bond acceptors (Lipinski definition) is 4. The Balaban J connectivity index is 2.68. The second-order valence-electron chi connectivity index (χ2n) is 4.75. The highest BCUT2D eigenvalue weighted by atomic mass is 16.7. The molecule has 0 unspecified atom stereocenters. The molecule has 0 saturated carbocycles. The fraction of sp³-hybridized carbons (Fsp3) is 0.467. The first-order valence-electron chi connectivity index (χ1n) is 6.72. The van der Waals surface area contributed by atoms with Crippen molar-refractivity contribution in [2.75, 3.05) is 24.9 Å². The Kier molecular flexibility index (Phi) is 6.33. The van der Waals surface area contributed by atoms with Gasteiger partial charge in [-0.2, -0.15) is 0 Å². The molecule has 2 amide bonds. The second-order valence-corrected chi connectivity index (χ2v) is 4.75. The molecule has 1 rings (SSSR count). The topological polar surface area (TPSA) is 76.7 Å². The summed E-state index contributed by atoms with van der Waals surface area (Å²) in [5.41, 5.74) is 1.24. The van der Waals surface area contributed by atoms with E-state index in [9.17, 15) is 9.59 Å². The summed E-state index contributed by atoms with van der Waals surface area (Å²) in [6, 6.07) is 6.96. The van der Waals surface area contributed by atoms with Crippen LogP contribution in [0, 0.1) is 0 Å². The molecule has 6 heteroatoms. The average Bonchev–Trinajstić information content (AvgIpc) is 2.47. The summed E-state index contributed by atoms with van der Waals surface area (Å²) in [5.74, 6) is -1.28. The number of methoxy groups -OCH3 is 2. The van der Waals surface area contributed by atoms with E-state index in [2.05, 4.69) is 10.6 Å². The monoisotopic (exact) mass is 294 g/mol. The smallest absolute Gasteiger partial charge is 0.229 e. The Labute approximate surface area is 124 Å². The van der Waals surface area contributed by atoms with Crippen molar-refractivity contribution in [3.05, 3.63) is 24.3 Å². The van der Waals surface area contributed by atoms with Gasteiger partial charge in [-0.1, -0.05) is 13.0 Å². The molecule has 0 radical (unpaired) electrons. The maximum Gasteiger partial charge on any atom is 0.229 e. The minimum Gasteiger partial charge on any atom is -0.353 e. The molecule has 0 aromatic heterocycles. The van der Waals surface area contributed by atoms with Crippen LogP contribution >= 0.6 is 0 Å². The highest BCUT2D eigenvalue weighted by Crippen LogP contribution is 2.19. The molecule has 1 aromatic carbocycles.